The Morgan fingerprint density at radius 1 is 1.27 bits per heavy atom. The maximum Gasteiger partial charge on any atom is 0.315 e. The van der Waals surface area contributed by atoms with Gasteiger partial charge in [0, 0.05) is 24.3 Å². The molecule has 0 fully saturated rings. The number of aliphatic hydroxyl groups excluding tert-OH is 1. The van der Waals surface area contributed by atoms with Gasteiger partial charge >= 0.3 is 6.03 Å². The van der Waals surface area contributed by atoms with Crippen molar-refractivity contribution in [2.45, 2.75) is 45.7 Å². The van der Waals surface area contributed by atoms with Crippen molar-refractivity contribution in [1.29, 1.82) is 0 Å². The second-order valence-electron chi connectivity index (χ2n) is 5.57. The summed E-state index contributed by atoms with van der Waals surface area (Å²) in [7, 11) is 0. The average Bonchev–Trinajstić information content (AvgIpc) is 2.45. The van der Waals surface area contributed by atoms with Crippen molar-refractivity contribution in [2.24, 2.45) is 5.92 Å². The molecule has 0 aliphatic rings. The molecule has 124 valence electrons. The monoisotopic (exact) mass is 314 g/mol. The van der Waals surface area contributed by atoms with Crippen molar-refractivity contribution in [2.75, 3.05) is 6.61 Å². The van der Waals surface area contributed by atoms with Crippen molar-refractivity contribution < 1.29 is 18.7 Å². The van der Waals surface area contributed by atoms with Crippen molar-refractivity contribution in [3.8, 4) is 0 Å². The standard InChI is InChI=1S/C16H24F2N2O2/c1-4-5-15(13-7-6-12(17)8-14(13)18)20-16(22)19-11(3)10(2)9-21/h6-8,10-11,15,21H,4-5,9H2,1-3H3,(H2,19,20,22). The van der Waals surface area contributed by atoms with Crippen LogP contribution >= 0.6 is 0 Å². The summed E-state index contributed by atoms with van der Waals surface area (Å²) >= 11 is 0. The van der Waals surface area contributed by atoms with Crippen LogP contribution in [0.25, 0.3) is 0 Å². The first-order valence-electron chi connectivity index (χ1n) is 7.51. The molecule has 3 unspecified atom stereocenters. The SMILES string of the molecule is CCCC(NC(=O)NC(C)C(C)CO)c1ccc(F)cc1F. The number of nitrogens with one attached hydrogen (secondary N) is 2. The predicted octanol–water partition coefficient (Wildman–Crippen LogP) is 3.12. The number of hydrogen-bond acceptors (Lipinski definition) is 2. The van der Waals surface area contributed by atoms with Crippen LogP contribution in [0, 0.1) is 17.6 Å². The fourth-order valence-electron chi connectivity index (χ4n) is 2.09. The minimum Gasteiger partial charge on any atom is -0.396 e. The molecule has 0 aliphatic carbocycles. The molecular formula is C16H24F2N2O2. The average molecular weight is 314 g/mol. The number of benzene rings is 1. The molecule has 1 aromatic carbocycles. The number of carbonyl (C=O) groups is 1. The molecule has 2 amide bonds. The fraction of sp³-hybridized carbons (Fsp3) is 0.562. The Bertz CT molecular complexity index is 497. The highest BCUT2D eigenvalue weighted by atomic mass is 19.1. The van der Waals surface area contributed by atoms with Gasteiger partial charge in [0.1, 0.15) is 11.6 Å². The number of carbonyl (C=O) groups excluding carboxylic acids is 1. The largest absolute Gasteiger partial charge is 0.396 e. The van der Waals surface area contributed by atoms with Crippen molar-refractivity contribution in [3.05, 3.63) is 35.4 Å². The normalized spacial score (nSPS) is 15.0. The Morgan fingerprint density at radius 2 is 1.95 bits per heavy atom. The van der Waals surface area contributed by atoms with Crippen LogP contribution in [0.4, 0.5) is 13.6 Å². The predicted molar refractivity (Wildman–Crippen MR) is 81.4 cm³/mol. The van der Waals surface area contributed by atoms with E-state index < -0.39 is 23.7 Å². The third-order valence-electron chi connectivity index (χ3n) is 3.72. The first kappa shape index (κ1) is 18.4. The van der Waals surface area contributed by atoms with Crippen molar-refractivity contribution in [1.82, 2.24) is 10.6 Å². The van der Waals surface area contributed by atoms with E-state index in [0.717, 1.165) is 12.5 Å². The van der Waals surface area contributed by atoms with Gasteiger partial charge in [0.2, 0.25) is 0 Å². The molecule has 0 aliphatic heterocycles. The summed E-state index contributed by atoms with van der Waals surface area (Å²) in [4.78, 5) is 12.0. The van der Waals surface area contributed by atoms with Gasteiger partial charge in [0.15, 0.2) is 0 Å². The number of amides is 2. The molecule has 3 atom stereocenters. The van der Waals surface area contributed by atoms with Crippen LogP contribution in [0.3, 0.4) is 0 Å². The van der Waals surface area contributed by atoms with E-state index in [1.54, 1.807) is 6.92 Å². The zero-order valence-corrected chi connectivity index (χ0v) is 13.2. The van der Waals surface area contributed by atoms with Gasteiger partial charge in [-0.2, -0.15) is 0 Å². The zero-order valence-electron chi connectivity index (χ0n) is 13.2. The van der Waals surface area contributed by atoms with Gasteiger partial charge in [0.05, 0.1) is 6.04 Å². The molecule has 0 saturated carbocycles. The Labute approximate surface area is 129 Å². The molecule has 0 aromatic heterocycles. The Balaban J connectivity index is 2.77. The number of rotatable bonds is 7. The van der Waals surface area contributed by atoms with Crippen LogP contribution in [0.5, 0.6) is 0 Å². The summed E-state index contributed by atoms with van der Waals surface area (Å²) in [6.45, 7) is 5.48. The smallest absolute Gasteiger partial charge is 0.315 e. The highest BCUT2D eigenvalue weighted by molar-refractivity contribution is 5.74. The summed E-state index contributed by atoms with van der Waals surface area (Å²) < 4.78 is 26.9. The molecule has 4 nitrogen and oxygen atoms in total. The van der Waals surface area contributed by atoms with Crippen LogP contribution < -0.4 is 10.6 Å². The van der Waals surface area contributed by atoms with Gasteiger partial charge < -0.3 is 15.7 Å². The molecule has 3 N–H and O–H groups in total. The minimum absolute atomic E-state index is 0.0353. The van der Waals surface area contributed by atoms with E-state index in [-0.39, 0.29) is 24.1 Å². The molecule has 0 heterocycles. The van der Waals surface area contributed by atoms with E-state index in [0.29, 0.717) is 6.42 Å². The third kappa shape index (κ3) is 5.26. The highest BCUT2D eigenvalue weighted by Gasteiger charge is 2.20. The second kappa shape index (κ2) is 8.68. The van der Waals surface area contributed by atoms with Crippen LogP contribution in [0.2, 0.25) is 0 Å². The molecule has 0 radical (unpaired) electrons. The fourth-order valence-corrected chi connectivity index (χ4v) is 2.09. The quantitative estimate of drug-likeness (QED) is 0.724. The lowest BCUT2D eigenvalue weighted by atomic mass is 10.0. The zero-order chi connectivity index (χ0) is 16.7. The number of aliphatic hydroxyl groups is 1. The third-order valence-corrected chi connectivity index (χ3v) is 3.72. The summed E-state index contributed by atoms with van der Waals surface area (Å²) in [6, 6.07) is 2.17. The number of hydrogen-bond donors (Lipinski definition) is 3. The lowest BCUT2D eigenvalue weighted by molar-refractivity contribution is 0.198. The lowest BCUT2D eigenvalue weighted by Crippen LogP contribution is -2.45. The molecule has 1 rings (SSSR count). The Morgan fingerprint density at radius 3 is 2.50 bits per heavy atom. The Kier molecular flexibility index (Phi) is 7.24. The maximum atomic E-state index is 13.9. The number of urea groups is 1. The van der Waals surface area contributed by atoms with E-state index in [1.807, 2.05) is 13.8 Å². The lowest BCUT2D eigenvalue weighted by Gasteiger charge is -2.23. The van der Waals surface area contributed by atoms with Crippen molar-refractivity contribution >= 4 is 6.03 Å². The van der Waals surface area contributed by atoms with E-state index in [2.05, 4.69) is 10.6 Å². The van der Waals surface area contributed by atoms with Gasteiger partial charge in [0.25, 0.3) is 0 Å². The second-order valence-corrected chi connectivity index (χ2v) is 5.57. The van der Waals surface area contributed by atoms with E-state index in [9.17, 15) is 13.6 Å². The van der Waals surface area contributed by atoms with Crippen LogP contribution in [-0.2, 0) is 0 Å². The molecule has 0 spiro atoms. The molecular weight excluding hydrogens is 290 g/mol. The highest BCUT2D eigenvalue weighted by Crippen LogP contribution is 2.22. The molecule has 22 heavy (non-hydrogen) atoms. The minimum atomic E-state index is -0.671. The van der Waals surface area contributed by atoms with Crippen LogP contribution in [0.1, 0.15) is 45.2 Å². The molecule has 0 saturated heterocycles. The summed E-state index contributed by atoms with van der Waals surface area (Å²) in [5.41, 5.74) is 0.265. The topological polar surface area (TPSA) is 61.4 Å². The first-order chi connectivity index (χ1) is 10.4. The molecule has 0 bridgehead atoms. The van der Waals surface area contributed by atoms with Crippen LogP contribution in [0.15, 0.2) is 18.2 Å². The maximum absolute atomic E-state index is 13.9. The van der Waals surface area contributed by atoms with Gasteiger partial charge in [-0.1, -0.05) is 26.3 Å². The van der Waals surface area contributed by atoms with E-state index >= 15 is 0 Å². The summed E-state index contributed by atoms with van der Waals surface area (Å²) in [6.07, 6.45) is 1.28. The summed E-state index contributed by atoms with van der Waals surface area (Å²) in [5.74, 6) is -1.40. The van der Waals surface area contributed by atoms with Crippen LogP contribution in [-0.4, -0.2) is 23.8 Å². The van der Waals surface area contributed by atoms with Gasteiger partial charge in [-0.25, -0.2) is 13.6 Å². The van der Waals surface area contributed by atoms with E-state index in [1.165, 1.54) is 12.1 Å². The molecule has 6 heteroatoms. The van der Waals surface area contributed by atoms with Gasteiger partial charge in [-0.3, -0.25) is 0 Å². The first-order valence-corrected chi connectivity index (χ1v) is 7.51. The molecule has 1 aromatic rings. The number of halogens is 2. The van der Waals surface area contributed by atoms with Gasteiger partial charge in [-0.15, -0.1) is 0 Å². The Hall–Kier alpha value is -1.69. The summed E-state index contributed by atoms with van der Waals surface area (Å²) in [5, 5.41) is 14.5. The van der Waals surface area contributed by atoms with Crippen molar-refractivity contribution in [3.63, 3.8) is 0 Å². The van der Waals surface area contributed by atoms with Gasteiger partial charge in [-0.05, 0) is 25.3 Å². The van der Waals surface area contributed by atoms with E-state index in [4.69, 9.17) is 5.11 Å².